The van der Waals surface area contributed by atoms with Gasteiger partial charge < -0.3 is 32.2 Å². The zero-order chi connectivity index (χ0) is 29.1. The van der Waals surface area contributed by atoms with Crippen LogP contribution in [0.25, 0.3) is 11.1 Å². The van der Waals surface area contributed by atoms with Crippen molar-refractivity contribution in [1.29, 1.82) is 0 Å². The Balaban J connectivity index is 0.000000263. The lowest BCUT2D eigenvalue weighted by Gasteiger charge is -2.22. The Labute approximate surface area is 235 Å². The van der Waals surface area contributed by atoms with Gasteiger partial charge in [-0.25, -0.2) is 4.79 Å². The molecule has 40 heavy (non-hydrogen) atoms. The van der Waals surface area contributed by atoms with Crippen molar-refractivity contribution in [3.05, 3.63) is 103 Å². The molecule has 0 saturated heterocycles. The van der Waals surface area contributed by atoms with Crippen LogP contribution in [0.4, 0.5) is 33.2 Å². The fourth-order valence-electron chi connectivity index (χ4n) is 3.62. The van der Waals surface area contributed by atoms with Crippen molar-refractivity contribution in [3.8, 4) is 11.1 Å². The second kappa shape index (κ2) is 13.7. The Kier molecular flexibility index (Phi) is 10.1. The van der Waals surface area contributed by atoms with E-state index in [9.17, 15) is 9.59 Å². The van der Waals surface area contributed by atoms with Crippen LogP contribution < -0.4 is 27.4 Å². The van der Waals surface area contributed by atoms with Gasteiger partial charge in [-0.3, -0.25) is 4.79 Å². The van der Waals surface area contributed by atoms with Crippen molar-refractivity contribution in [2.75, 3.05) is 22.1 Å². The van der Waals surface area contributed by atoms with Crippen LogP contribution in [-0.2, 0) is 9.53 Å². The number of nitrogens with one attached hydrogen (secondary N) is 3. The van der Waals surface area contributed by atoms with Crippen molar-refractivity contribution in [2.24, 2.45) is 0 Å². The van der Waals surface area contributed by atoms with Crippen molar-refractivity contribution in [1.82, 2.24) is 5.32 Å². The van der Waals surface area contributed by atoms with Gasteiger partial charge in [0.2, 0.25) is 5.91 Å². The number of ether oxygens (including phenoxy) is 1. The van der Waals surface area contributed by atoms with Crippen molar-refractivity contribution in [2.45, 2.75) is 39.3 Å². The van der Waals surface area contributed by atoms with Crippen molar-refractivity contribution in [3.63, 3.8) is 0 Å². The van der Waals surface area contributed by atoms with Gasteiger partial charge in [-0.1, -0.05) is 72.8 Å². The Hall–Kier alpha value is -4.98. The van der Waals surface area contributed by atoms with E-state index in [-0.39, 0.29) is 5.91 Å². The first-order valence-corrected chi connectivity index (χ1v) is 12.9. The molecule has 0 spiro atoms. The molecule has 0 saturated carbocycles. The lowest BCUT2D eigenvalue weighted by Crippen LogP contribution is -2.44. The molecule has 8 heteroatoms. The predicted octanol–water partition coefficient (Wildman–Crippen LogP) is 6.80. The fraction of sp³-hybridized carbons (Fsp3) is 0.188. The summed E-state index contributed by atoms with van der Waals surface area (Å²) in [5.74, 6) is -0.335. The van der Waals surface area contributed by atoms with Crippen LogP contribution >= 0.6 is 0 Å². The summed E-state index contributed by atoms with van der Waals surface area (Å²) in [4.78, 5) is 24.2. The molecule has 0 bridgehead atoms. The Morgan fingerprint density at radius 1 is 0.750 bits per heavy atom. The summed E-state index contributed by atoms with van der Waals surface area (Å²) in [5, 5.41) is 8.62. The van der Waals surface area contributed by atoms with E-state index in [0.29, 0.717) is 17.1 Å². The number of para-hydroxylation sites is 4. The molecule has 0 aliphatic heterocycles. The maximum atomic E-state index is 12.4. The number of nitrogen functional groups attached to an aromatic ring is 2. The third kappa shape index (κ3) is 9.09. The van der Waals surface area contributed by atoms with E-state index >= 15 is 0 Å². The van der Waals surface area contributed by atoms with Gasteiger partial charge in [-0.2, -0.15) is 0 Å². The molecule has 7 N–H and O–H groups in total. The molecule has 0 heterocycles. The molecule has 4 rings (SSSR count). The number of anilines is 5. The topological polar surface area (TPSA) is 132 Å². The van der Waals surface area contributed by atoms with E-state index in [2.05, 4.69) is 16.0 Å². The maximum absolute atomic E-state index is 12.4. The summed E-state index contributed by atoms with van der Waals surface area (Å²) in [7, 11) is 0. The maximum Gasteiger partial charge on any atom is 0.408 e. The van der Waals surface area contributed by atoms with Gasteiger partial charge in [0, 0.05) is 11.3 Å². The molecule has 4 aromatic carbocycles. The summed E-state index contributed by atoms with van der Waals surface area (Å²) in [6.07, 6.45) is -0.629. The molecule has 8 nitrogen and oxygen atoms in total. The lowest BCUT2D eigenvalue weighted by atomic mass is 10.0. The third-order valence-electron chi connectivity index (χ3n) is 5.59. The zero-order valence-electron chi connectivity index (χ0n) is 23.3. The van der Waals surface area contributed by atoms with Crippen LogP contribution in [0.15, 0.2) is 103 Å². The molecule has 2 amide bonds. The van der Waals surface area contributed by atoms with Crippen LogP contribution in [0.3, 0.4) is 0 Å². The monoisotopic (exact) mass is 539 g/mol. The number of hydrogen-bond donors (Lipinski definition) is 5. The van der Waals surface area contributed by atoms with Gasteiger partial charge >= 0.3 is 6.09 Å². The third-order valence-corrected chi connectivity index (χ3v) is 5.59. The second-order valence-electron chi connectivity index (χ2n) is 10.1. The van der Waals surface area contributed by atoms with Gasteiger partial charge in [0.15, 0.2) is 0 Å². The number of carbonyl (C=O) groups is 2. The number of nitrogens with two attached hydrogens (primary N) is 2. The van der Waals surface area contributed by atoms with E-state index in [4.69, 9.17) is 16.2 Å². The lowest BCUT2D eigenvalue weighted by molar-refractivity contribution is -0.117. The van der Waals surface area contributed by atoms with Crippen LogP contribution in [0.1, 0.15) is 27.7 Å². The van der Waals surface area contributed by atoms with E-state index in [1.165, 1.54) is 0 Å². The molecule has 0 aromatic heterocycles. The van der Waals surface area contributed by atoms with Crippen LogP contribution in [0, 0.1) is 0 Å². The first kappa shape index (κ1) is 29.6. The molecule has 0 fully saturated rings. The highest BCUT2D eigenvalue weighted by molar-refractivity contribution is 5.99. The highest BCUT2D eigenvalue weighted by Crippen LogP contribution is 2.29. The molecular weight excluding hydrogens is 502 g/mol. The quantitative estimate of drug-likeness (QED) is 0.171. The minimum Gasteiger partial charge on any atom is -0.444 e. The van der Waals surface area contributed by atoms with E-state index in [1.807, 2.05) is 97.1 Å². The molecule has 1 unspecified atom stereocenters. The van der Waals surface area contributed by atoms with Gasteiger partial charge in [-0.15, -0.1) is 0 Å². The number of rotatable bonds is 6. The van der Waals surface area contributed by atoms with E-state index < -0.39 is 17.7 Å². The summed E-state index contributed by atoms with van der Waals surface area (Å²) < 4.78 is 5.17. The molecule has 0 aliphatic carbocycles. The van der Waals surface area contributed by atoms with E-state index in [1.54, 1.807) is 33.8 Å². The second-order valence-corrected chi connectivity index (χ2v) is 10.1. The highest BCUT2D eigenvalue weighted by atomic mass is 16.6. The zero-order valence-corrected chi connectivity index (χ0v) is 23.3. The SMILES string of the molecule is CC(NC(=O)OC(C)(C)C)C(=O)Nc1ccccc1Nc1ccccc1.Nc1cccc(-c2ccccc2)c1N. The van der Waals surface area contributed by atoms with Crippen LogP contribution in [0.5, 0.6) is 0 Å². The normalized spacial score (nSPS) is 11.3. The largest absolute Gasteiger partial charge is 0.444 e. The van der Waals surface area contributed by atoms with Crippen molar-refractivity contribution >= 4 is 40.4 Å². The summed E-state index contributed by atoms with van der Waals surface area (Å²) >= 11 is 0. The average Bonchev–Trinajstić information content (AvgIpc) is 2.91. The number of hydrogen-bond acceptors (Lipinski definition) is 6. The average molecular weight is 540 g/mol. The molecule has 0 radical (unpaired) electrons. The minimum absolute atomic E-state index is 0.335. The van der Waals surface area contributed by atoms with Gasteiger partial charge in [0.25, 0.3) is 0 Å². The standard InChI is InChI=1S/C20H25N3O3.C12H12N2/c1-14(21-19(25)26-20(2,3)4)18(24)23-17-13-9-8-12-16(17)22-15-10-6-5-7-11-15;13-11-8-4-7-10(12(11)14)9-5-2-1-3-6-9/h5-14,22H,1-4H3,(H,21,25)(H,23,24);1-8H,13-14H2. The number of benzene rings is 4. The molecule has 4 aromatic rings. The van der Waals surface area contributed by atoms with E-state index in [0.717, 1.165) is 22.5 Å². The fourth-order valence-corrected chi connectivity index (χ4v) is 3.62. The van der Waals surface area contributed by atoms with Crippen molar-refractivity contribution < 1.29 is 14.3 Å². The Morgan fingerprint density at radius 2 is 1.32 bits per heavy atom. The molecule has 208 valence electrons. The first-order valence-electron chi connectivity index (χ1n) is 12.9. The highest BCUT2D eigenvalue weighted by Gasteiger charge is 2.21. The summed E-state index contributed by atoms with van der Waals surface area (Å²) in [6.45, 7) is 6.90. The van der Waals surface area contributed by atoms with Gasteiger partial charge in [0.1, 0.15) is 11.6 Å². The molecule has 1 atom stereocenters. The predicted molar refractivity (Wildman–Crippen MR) is 164 cm³/mol. The van der Waals surface area contributed by atoms with Crippen LogP contribution in [-0.4, -0.2) is 23.6 Å². The number of carbonyl (C=O) groups excluding carboxylic acids is 2. The molecule has 0 aliphatic rings. The van der Waals surface area contributed by atoms with Gasteiger partial charge in [-0.05, 0) is 63.6 Å². The number of alkyl carbamates (subject to hydrolysis) is 1. The summed E-state index contributed by atoms with van der Waals surface area (Å²) in [6, 6.07) is 32.0. The first-order chi connectivity index (χ1) is 19.0. The molecular formula is C32H37N5O3. The smallest absolute Gasteiger partial charge is 0.408 e. The minimum atomic E-state index is -0.741. The van der Waals surface area contributed by atoms with Crippen LogP contribution in [0.2, 0.25) is 0 Å². The summed E-state index contributed by atoms with van der Waals surface area (Å²) in [5.41, 5.74) is 16.7. The Morgan fingerprint density at radius 3 is 1.95 bits per heavy atom. The number of amides is 2. The Bertz CT molecular complexity index is 1400. The van der Waals surface area contributed by atoms with Gasteiger partial charge in [0.05, 0.1) is 22.7 Å².